The number of esters is 1. The van der Waals surface area contributed by atoms with E-state index in [4.69, 9.17) is 14.2 Å². The Hall–Kier alpha value is -2.85. The molecule has 3 N–H and O–H groups in total. The molecule has 1 aromatic carbocycles. The number of allylic oxidation sites excluding steroid dienone is 2. The van der Waals surface area contributed by atoms with Crippen LogP contribution in [0.2, 0.25) is 0 Å². The molecule has 2 fully saturated rings. The van der Waals surface area contributed by atoms with Gasteiger partial charge in [0.15, 0.2) is 0 Å². The van der Waals surface area contributed by atoms with E-state index in [2.05, 4.69) is 18.3 Å². The summed E-state index contributed by atoms with van der Waals surface area (Å²) in [5, 5.41) is 23.2. The molecule has 2 aliphatic rings. The Labute approximate surface area is 248 Å². The predicted molar refractivity (Wildman–Crippen MR) is 158 cm³/mol. The third-order valence-corrected chi connectivity index (χ3v) is 8.08. The van der Waals surface area contributed by atoms with Crippen LogP contribution in [-0.2, 0) is 19.0 Å². The van der Waals surface area contributed by atoms with Gasteiger partial charge in [-0.05, 0) is 82.7 Å². The van der Waals surface area contributed by atoms with Crippen molar-refractivity contribution in [1.82, 2.24) is 5.32 Å². The first-order chi connectivity index (χ1) is 20.0. The molecule has 0 radical (unpaired) electrons. The van der Waals surface area contributed by atoms with E-state index in [0.29, 0.717) is 12.8 Å². The van der Waals surface area contributed by atoms with Gasteiger partial charge >= 0.3 is 5.97 Å². The van der Waals surface area contributed by atoms with Crippen LogP contribution in [0.5, 0.6) is 0 Å². The largest absolute Gasteiger partial charge is 0.455 e. The summed E-state index contributed by atoms with van der Waals surface area (Å²) in [7, 11) is 0. The SMILES string of the molecule is CC[C@@H]1C[C@@H](CO)[C@H](O)C(/C=C/C(C)=C/C[C@@H]2O[C@H](C)C(NC(=O)/C=C\C(C)OC(=O)c3ccc(F)cc3)C[C@@H]2C)O1. The molecule has 2 saturated heterocycles. The van der Waals surface area contributed by atoms with Crippen LogP contribution in [0.25, 0.3) is 0 Å². The van der Waals surface area contributed by atoms with Crippen molar-refractivity contribution in [2.24, 2.45) is 11.8 Å². The fourth-order valence-electron chi connectivity index (χ4n) is 5.35. The smallest absolute Gasteiger partial charge is 0.338 e. The van der Waals surface area contributed by atoms with Crippen molar-refractivity contribution in [1.29, 1.82) is 0 Å². The Morgan fingerprint density at radius 2 is 1.88 bits per heavy atom. The van der Waals surface area contributed by atoms with Gasteiger partial charge in [0.25, 0.3) is 0 Å². The fraction of sp³-hybridized carbons (Fsp3) is 0.576. The standard InChI is InChI=1S/C33H46FNO7/c1-6-27-18-25(19-36)32(38)30(42-27)15-8-20(2)7-14-29-21(3)17-28(23(5)41-29)35-31(37)16-9-22(4)40-33(39)24-10-12-26(34)13-11-24/h7-13,15-16,21-23,25,27-30,32,36,38H,6,14,17-19H2,1-5H3,(H,35,37)/b15-8+,16-9-,20-7+/t21-,22?,23+,25-,27+,28?,29-,30?,32-/m0/s1. The van der Waals surface area contributed by atoms with Crippen LogP contribution < -0.4 is 5.32 Å². The van der Waals surface area contributed by atoms with E-state index in [1.807, 2.05) is 32.9 Å². The molecule has 8 nitrogen and oxygen atoms in total. The van der Waals surface area contributed by atoms with Crippen LogP contribution >= 0.6 is 0 Å². The summed E-state index contributed by atoms with van der Waals surface area (Å²) in [4.78, 5) is 24.7. The highest BCUT2D eigenvalue weighted by Crippen LogP contribution is 2.29. The number of benzene rings is 1. The molecule has 2 aliphatic heterocycles. The summed E-state index contributed by atoms with van der Waals surface area (Å²) in [5.41, 5.74) is 1.26. The Bertz CT molecular complexity index is 1120. The quantitative estimate of drug-likeness (QED) is 0.196. The third-order valence-electron chi connectivity index (χ3n) is 8.08. The maximum atomic E-state index is 13.1. The molecule has 2 heterocycles. The molecular formula is C33H46FNO7. The number of nitrogens with one attached hydrogen (secondary N) is 1. The molecule has 0 aliphatic carbocycles. The van der Waals surface area contributed by atoms with E-state index in [9.17, 15) is 24.2 Å². The monoisotopic (exact) mass is 587 g/mol. The Morgan fingerprint density at radius 3 is 2.55 bits per heavy atom. The zero-order valence-electron chi connectivity index (χ0n) is 25.2. The second kappa shape index (κ2) is 16.1. The highest BCUT2D eigenvalue weighted by molar-refractivity contribution is 5.90. The summed E-state index contributed by atoms with van der Waals surface area (Å²) >= 11 is 0. The number of halogens is 1. The zero-order chi connectivity index (χ0) is 30.8. The minimum Gasteiger partial charge on any atom is -0.455 e. The first-order valence-corrected chi connectivity index (χ1v) is 14.9. The van der Waals surface area contributed by atoms with Gasteiger partial charge in [0.05, 0.1) is 36.0 Å². The van der Waals surface area contributed by atoms with Gasteiger partial charge in [-0.2, -0.15) is 0 Å². The van der Waals surface area contributed by atoms with Crippen LogP contribution in [-0.4, -0.2) is 71.4 Å². The molecular weight excluding hydrogens is 541 g/mol. The Kier molecular flexibility index (Phi) is 12.9. The van der Waals surface area contributed by atoms with Crippen LogP contribution in [0, 0.1) is 17.7 Å². The summed E-state index contributed by atoms with van der Waals surface area (Å²) < 4.78 is 30.6. The Balaban J connectivity index is 1.46. The number of aliphatic hydroxyl groups is 2. The summed E-state index contributed by atoms with van der Waals surface area (Å²) in [6, 6.07) is 4.91. The minimum absolute atomic E-state index is 0.00213. The third kappa shape index (κ3) is 9.87. The van der Waals surface area contributed by atoms with Crippen molar-refractivity contribution < 1.29 is 38.4 Å². The van der Waals surface area contributed by atoms with Gasteiger partial charge < -0.3 is 29.7 Å². The number of amides is 1. The van der Waals surface area contributed by atoms with E-state index >= 15 is 0 Å². The van der Waals surface area contributed by atoms with Crippen LogP contribution in [0.4, 0.5) is 4.39 Å². The van der Waals surface area contributed by atoms with Crippen LogP contribution in [0.3, 0.4) is 0 Å². The molecule has 42 heavy (non-hydrogen) atoms. The molecule has 1 aromatic rings. The van der Waals surface area contributed by atoms with Gasteiger partial charge in [-0.3, -0.25) is 4.79 Å². The number of rotatable bonds is 11. The van der Waals surface area contributed by atoms with Crippen LogP contribution in [0.15, 0.2) is 60.2 Å². The topological polar surface area (TPSA) is 114 Å². The van der Waals surface area contributed by atoms with Crippen molar-refractivity contribution in [2.45, 2.75) is 103 Å². The average Bonchev–Trinajstić information content (AvgIpc) is 2.96. The zero-order valence-corrected chi connectivity index (χ0v) is 25.2. The lowest BCUT2D eigenvalue weighted by Gasteiger charge is -2.39. The molecule has 0 aromatic heterocycles. The van der Waals surface area contributed by atoms with Crippen molar-refractivity contribution in [2.75, 3.05) is 6.61 Å². The molecule has 0 saturated carbocycles. The second-order valence-electron chi connectivity index (χ2n) is 11.5. The number of hydrogen-bond donors (Lipinski definition) is 3. The highest BCUT2D eigenvalue weighted by Gasteiger charge is 2.35. The molecule has 3 unspecified atom stereocenters. The molecule has 0 bridgehead atoms. The highest BCUT2D eigenvalue weighted by atomic mass is 19.1. The maximum Gasteiger partial charge on any atom is 0.338 e. The Morgan fingerprint density at radius 1 is 1.17 bits per heavy atom. The lowest BCUT2D eigenvalue weighted by atomic mass is 9.87. The first kappa shape index (κ1) is 33.6. The maximum absolute atomic E-state index is 13.1. The number of ether oxygens (including phenoxy) is 3. The lowest BCUT2D eigenvalue weighted by Crippen LogP contribution is -2.50. The molecule has 232 valence electrons. The second-order valence-corrected chi connectivity index (χ2v) is 11.5. The van der Waals surface area contributed by atoms with Gasteiger partial charge in [0.2, 0.25) is 5.91 Å². The summed E-state index contributed by atoms with van der Waals surface area (Å²) in [6.45, 7) is 9.68. The van der Waals surface area contributed by atoms with Gasteiger partial charge in [0.1, 0.15) is 18.0 Å². The van der Waals surface area contributed by atoms with E-state index in [1.165, 1.54) is 36.4 Å². The normalized spacial score (nSPS) is 31.3. The minimum atomic E-state index is -0.731. The number of carbonyl (C=O) groups is 2. The van der Waals surface area contributed by atoms with Gasteiger partial charge in [0, 0.05) is 18.6 Å². The first-order valence-electron chi connectivity index (χ1n) is 14.9. The number of carbonyl (C=O) groups excluding carboxylic acids is 2. The molecule has 1 amide bonds. The fourth-order valence-corrected chi connectivity index (χ4v) is 5.35. The lowest BCUT2D eigenvalue weighted by molar-refractivity contribution is -0.133. The predicted octanol–water partition coefficient (Wildman–Crippen LogP) is 4.66. The van der Waals surface area contributed by atoms with E-state index in [0.717, 1.165) is 18.4 Å². The number of hydrogen-bond acceptors (Lipinski definition) is 7. The molecule has 9 heteroatoms. The van der Waals surface area contributed by atoms with Crippen LogP contribution in [0.1, 0.15) is 70.7 Å². The van der Waals surface area contributed by atoms with Crippen molar-refractivity contribution >= 4 is 11.9 Å². The van der Waals surface area contributed by atoms with Crippen molar-refractivity contribution in [3.63, 3.8) is 0 Å². The molecule has 0 spiro atoms. The number of aliphatic hydroxyl groups excluding tert-OH is 2. The van der Waals surface area contributed by atoms with E-state index < -0.39 is 30.1 Å². The van der Waals surface area contributed by atoms with Crippen molar-refractivity contribution in [3.05, 3.63) is 71.6 Å². The average molecular weight is 588 g/mol. The van der Waals surface area contributed by atoms with E-state index in [-0.39, 0.29) is 54.3 Å². The van der Waals surface area contributed by atoms with Gasteiger partial charge in [-0.25, -0.2) is 9.18 Å². The van der Waals surface area contributed by atoms with Gasteiger partial charge in [-0.1, -0.05) is 37.6 Å². The molecule has 9 atom stereocenters. The summed E-state index contributed by atoms with van der Waals surface area (Å²) in [5.74, 6) is -1.31. The summed E-state index contributed by atoms with van der Waals surface area (Å²) in [6.07, 6.45) is 9.77. The van der Waals surface area contributed by atoms with E-state index in [1.54, 1.807) is 6.92 Å². The molecule has 3 rings (SSSR count). The van der Waals surface area contributed by atoms with Gasteiger partial charge in [-0.15, -0.1) is 0 Å². The van der Waals surface area contributed by atoms with Crippen molar-refractivity contribution in [3.8, 4) is 0 Å².